The van der Waals surface area contributed by atoms with Crippen molar-refractivity contribution in [2.75, 3.05) is 6.54 Å². The summed E-state index contributed by atoms with van der Waals surface area (Å²) in [6.07, 6.45) is 3.94. The van der Waals surface area contributed by atoms with E-state index in [0.717, 1.165) is 36.9 Å². The molecule has 1 saturated carbocycles. The Hall–Kier alpha value is -1.36. The van der Waals surface area contributed by atoms with Gasteiger partial charge in [-0.15, -0.1) is 0 Å². The van der Waals surface area contributed by atoms with E-state index < -0.39 is 0 Å². The van der Waals surface area contributed by atoms with Gasteiger partial charge >= 0.3 is 0 Å². The van der Waals surface area contributed by atoms with Crippen molar-refractivity contribution in [1.82, 2.24) is 10.5 Å². The highest BCUT2D eigenvalue weighted by molar-refractivity contribution is 5.78. The minimum absolute atomic E-state index is 0.00513. The zero-order valence-electron chi connectivity index (χ0n) is 11.6. The number of carbonyl (C=O) groups excluding carboxylic acids is 1. The lowest BCUT2D eigenvalue weighted by Crippen LogP contribution is -2.33. The molecule has 1 aromatic rings. The summed E-state index contributed by atoms with van der Waals surface area (Å²) in [6.45, 7) is 4.32. The van der Waals surface area contributed by atoms with E-state index in [9.17, 15) is 9.90 Å². The summed E-state index contributed by atoms with van der Waals surface area (Å²) in [6, 6.07) is 0. The second-order valence-corrected chi connectivity index (χ2v) is 5.47. The standard InChI is InChI=1S/C14H22N2O3/c1-9-13(10(2)19-16-9)7-14(18)15-8-11-4-3-5-12(17)6-11/h11-12,17H,3-8H2,1-2H3,(H,15,18). The molecule has 2 rings (SSSR count). The first kappa shape index (κ1) is 14.1. The third kappa shape index (κ3) is 3.80. The molecular formula is C14H22N2O3. The molecule has 2 unspecified atom stereocenters. The second kappa shape index (κ2) is 6.19. The van der Waals surface area contributed by atoms with E-state index in [2.05, 4.69) is 10.5 Å². The SMILES string of the molecule is Cc1noc(C)c1CC(=O)NCC1CCCC(O)C1. The average molecular weight is 266 g/mol. The van der Waals surface area contributed by atoms with E-state index in [1.54, 1.807) is 0 Å². The molecule has 1 aliphatic rings. The Morgan fingerprint density at radius 1 is 1.47 bits per heavy atom. The number of amides is 1. The first-order valence-corrected chi connectivity index (χ1v) is 6.92. The Balaban J connectivity index is 1.79. The molecule has 2 atom stereocenters. The molecule has 5 heteroatoms. The van der Waals surface area contributed by atoms with Crippen molar-refractivity contribution in [3.63, 3.8) is 0 Å². The van der Waals surface area contributed by atoms with Crippen molar-refractivity contribution < 1.29 is 14.4 Å². The molecule has 0 aliphatic heterocycles. The van der Waals surface area contributed by atoms with Crippen LogP contribution in [0.4, 0.5) is 0 Å². The molecule has 1 heterocycles. The zero-order valence-corrected chi connectivity index (χ0v) is 11.6. The molecule has 19 heavy (non-hydrogen) atoms. The Morgan fingerprint density at radius 2 is 2.26 bits per heavy atom. The molecular weight excluding hydrogens is 244 g/mol. The van der Waals surface area contributed by atoms with Gasteiger partial charge in [-0.3, -0.25) is 4.79 Å². The van der Waals surface area contributed by atoms with Crippen LogP contribution in [-0.4, -0.2) is 28.8 Å². The molecule has 0 spiro atoms. The Morgan fingerprint density at radius 3 is 2.89 bits per heavy atom. The van der Waals surface area contributed by atoms with Crippen LogP contribution in [0.2, 0.25) is 0 Å². The highest BCUT2D eigenvalue weighted by Gasteiger charge is 2.21. The van der Waals surface area contributed by atoms with Gasteiger partial charge in [-0.05, 0) is 39.0 Å². The lowest BCUT2D eigenvalue weighted by Gasteiger charge is -2.25. The molecule has 0 radical (unpaired) electrons. The minimum Gasteiger partial charge on any atom is -0.393 e. The number of carbonyl (C=O) groups is 1. The molecule has 1 aliphatic carbocycles. The van der Waals surface area contributed by atoms with Crippen LogP contribution in [0.25, 0.3) is 0 Å². The van der Waals surface area contributed by atoms with Gasteiger partial charge in [0, 0.05) is 12.1 Å². The molecule has 106 valence electrons. The maximum absolute atomic E-state index is 11.9. The summed E-state index contributed by atoms with van der Waals surface area (Å²) in [5.74, 6) is 1.10. The van der Waals surface area contributed by atoms with E-state index in [-0.39, 0.29) is 12.0 Å². The summed E-state index contributed by atoms with van der Waals surface area (Å²) >= 11 is 0. The van der Waals surface area contributed by atoms with E-state index in [1.807, 2.05) is 13.8 Å². The second-order valence-electron chi connectivity index (χ2n) is 5.47. The number of aromatic nitrogens is 1. The molecule has 5 nitrogen and oxygen atoms in total. The molecule has 0 saturated heterocycles. The fourth-order valence-electron chi connectivity index (χ4n) is 2.68. The molecule has 1 amide bonds. The van der Waals surface area contributed by atoms with E-state index in [4.69, 9.17) is 4.52 Å². The smallest absolute Gasteiger partial charge is 0.224 e. The lowest BCUT2D eigenvalue weighted by atomic mass is 9.87. The number of aryl methyl sites for hydroxylation is 2. The Labute approximate surface area is 113 Å². The summed E-state index contributed by atoms with van der Waals surface area (Å²) in [7, 11) is 0. The van der Waals surface area contributed by atoms with Crippen molar-refractivity contribution in [3.05, 3.63) is 17.0 Å². The van der Waals surface area contributed by atoms with Gasteiger partial charge in [0.15, 0.2) is 0 Å². The van der Waals surface area contributed by atoms with Crippen molar-refractivity contribution in [2.24, 2.45) is 5.92 Å². The maximum atomic E-state index is 11.9. The van der Waals surface area contributed by atoms with Crippen molar-refractivity contribution in [3.8, 4) is 0 Å². The van der Waals surface area contributed by atoms with Crippen LogP contribution in [0.3, 0.4) is 0 Å². The summed E-state index contributed by atoms with van der Waals surface area (Å²) in [5.41, 5.74) is 1.65. The predicted octanol–water partition coefficient (Wildman–Crippen LogP) is 1.50. The Kier molecular flexibility index (Phi) is 4.58. The van der Waals surface area contributed by atoms with Crippen LogP contribution in [0.15, 0.2) is 4.52 Å². The normalized spacial score (nSPS) is 23.3. The van der Waals surface area contributed by atoms with Crippen molar-refractivity contribution in [1.29, 1.82) is 0 Å². The van der Waals surface area contributed by atoms with Crippen LogP contribution in [0.1, 0.15) is 42.7 Å². The van der Waals surface area contributed by atoms with Crippen molar-refractivity contribution in [2.45, 2.75) is 52.1 Å². The first-order valence-electron chi connectivity index (χ1n) is 6.92. The largest absolute Gasteiger partial charge is 0.393 e. The molecule has 1 aromatic heterocycles. The third-order valence-electron chi connectivity index (χ3n) is 3.86. The number of hydrogen-bond acceptors (Lipinski definition) is 4. The number of nitrogens with zero attached hydrogens (tertiary/aromatic N) is 1. The number of aliphatic hydroxyl groups is 1. The van der Waals surface area contributed by atoms with Crippen LogP contribution in [0, 0.1) is 19.8 Å². The van der Waals surface area contributed by atoms with Crippen LogP contribution < -0.4 is 5.32 Å². The van der Waals surface area contributed by atoms with Crippen LogP contribution in [-0.2, 0) is 11.2 Å². The third-order valence-corrected chi connectivity index (χ3v) is 3.86. The highest BCUT2D eigenvalue weighted by Crippen LogP contribution is 2.23. The molecule has 2 N–H and O–H groups in total. The fraction of sp³-hybridized carbons (Fsp3) is 0.714. The fourth-order valence-corrected chi connectivity index (χ4v) is 2.68. The average Bonchev–Trinajstić information content (AvgIpc) is 2.68. The molecule has 0 aromatic carbocycles. The molecule has 0 bridgehead atoms. The van der Waals surface area contributed by atoms with Gasteiger partial charge < -0.3 is 14.9 Å². The number of nitrogens with one attached hydrogen (secondary N) is 1. The van der Waals surface area contributed by atoms with Crippen molar-refractivity contribution >= 4 is 5.91 Å². The van der Waals surface area contributed by atoms with Gasteiger partial charge in [-0.2, -0.15) is 0 Å². The van der Waals surface area contributed by atoms with E-state index in [1.165, 1.54) is 0 Å². The summed E-state index contributed by atoms with van der Waals surface area (Å²) in [4.78, 5) is 11.9. The van der Waals surface area contributed by atoms with E-state index >= 15 is 0 Å². The van der Waals surface area contributed by atoms with E-state index in [0.29, 0.717) is 24.6 Å². The summed E-state index contributed by atoms with van der Waals surface area (Å²) < 4.78 is 5.04. The first-order chi connectivity index (χ1) is 9.06. The van der Waals surface area contributed by atoms with Gasteiger partial charge in [0.1, 0.15) is 5.76 Å². The van der Waals surface area contributed by atoms with Crippen LogP contribution >= 0.6 is 0 Å². The summed E-state index contributed by atoms with van der Waals surface area (Å²) in [5, 5.41) is 16.4. The molecule has 1 fully saturated rings. The van der Waals surface area contributed by atoms with Crippen LogP contribution in [0.5, 0.6) is 0 Å². The Bertz CT molecular complexity index is 422. The monoisotopic (exact) mass is 266 g/mol. The maximum Gasteiger partial charge on any atom is 0.224 e. The van der Waals surface area contributed by atoms with Gasteiger partial charge in [0.2, 0.25) is 5.91 Å². The number of aliphatic hydroxyl groups excluding tert-OH is 1. The minimum atomic E-state index is -0.196. The number of rotatable bonds is 4. The zero-order chi connectivity index (χ0) is 13.8. The quantitative estimate of drug-likeness (QED) is 0.866. The van der Waals surface area contributed by atoms with Gasteiger partial charge in [0.25, 0.3) is 0 Å². The topological polar surface area (TPSA) is 75.4 Å². The highest BCUT2D eigenvalue weighted by atomic mass is 16.5. The lowest BCUT2D eigenvalue weighted by molar-refractivity contribution is -0.120. The van der Waals surface area contributed by atoms with Gasteiger partial charge in [0.05, 0.1) is 18.2 Å². The van der Waals surface area contributed by atoms with Gasteiger partial charge in [-0.25, -0.2) is 0 Å². The number of hydrogen-bond donors (Lipinski definition) is 2. The predicted molar refractivity (Wildman–Crippen MR) is 70.7 cm³/mol. The van der Waals surface area contributed by atoms with Gasteiger partial charge in [-0.1, -0.05) is 11.6 Å².